The van der Waals surface area contributed by atoms with Crippen molar-refractivity contribution in [3.63, 3.8) is 0 Å². The fourth-order valence-electron chi connectivity index (χ4n) is 3.86. The fourth-order valence-corrected chi connectivity index (χ4v) is 5.71. The second-order valence-corrected chi connectivity index (χ2v) is 10.0. The van der Waals surface area contributed by atoms with Gasteiger partial charge in [-0.15, -0.1) is 0 Å². The number of nitrogens with zero attached hydrogens (tertiary/aromatic N) is 2. The van der Waals surface area contributed by atoms with Crippen LogP contribution >= 0.6 is 11.6 Å². The van der Waals surface area contributed by atoms with E-state index >= 15 is 0 Å². The Kier molecular flexibility index (Phi) is 8.39. The number of rotatable bonds is 9. The van der Waals surface area contributed by atoms with Crippen molar-refractivity contribution in [2.45, 2.75) is 26.2 Å². The topological polar surface area (TPSA) is 79.0 Å². The van der Waals surface area contributed by atoms with Crippen LogP contribution in [-0.4, -0.2) is 51.9 Å². The Morgan fingerprint density at radius 2 is 1.88 bits per heavy atom. The molecule has 1 N–H and O–H groups in total. The molecule has 0 unspecified atom stereocenters. The molecule has 174 valence electrons. The van der Waals surface area contributed by atoms with Crippen molar-refractivity contribution in [2.75, 3.05) is 37.6 Å². The van der Waals surface area contributed by atoms with Gasteiger partial charge in [0.05, 0.1) is 18.7 Å². The highest BCUT2D eigenvalue weighted by molar-refractivity contribution is 7.90. The van der Waals surface area contributed by atoms with Gasteiger partial charge in [-0.05, 0) is 68.1 Å². The summed E-state index contributed by atoms with van der Waals surface area (Å²) in [4.78, 5) is 12.7. The summed E-state index contributed by atoms with van der Waals surface area (Å²) in [5.74, 6) is 0.195. The van der Waals surface area contributed by atoms with Crippen LogP contribution in [0.5, 0.6) is 5.75 Å². The van der Waals surface area contributed by atoms with Crippen molar-refractivity contribution in [3.05, 3.63) is 59.1 Å². The Morgan fingerprint density at radius 3 is 2.50 bits per heavy atom. The van der Waals surface area contributed by atoms with E-state index in [-0.39, 0.29) is 18.4 Å². The van der Waals surface area contributed by atoms with Gasteiger partial charge in [-0.25, -0.2) is 0 Å². The lowest BCUT2D eigenvalue weighted by Gasteiger charge is -2.35. The molecule has 1 aliphatic heterocycles. The number of carbonyl (C=O) groups is 1. The van der Waals surface area contributed by atoms with E-state index < -0.39 is 10.2 Å². The first-order valence-corrected chi connectivity index (χ1v) is 12.6. The summed E-state index contributed by atoms with van der Waals surface area (Å²) >= 11 is 5.90. The number of benzene rings is 2. The van der Waals surface area contributed by atoms with Crippen molar-refractivity contribution in [1.82, 2.24) is 9.62 Å². The third-order valence-electron chi connectivity index (χ3n) is 5.63. The Balaban J connectivity index is 1.61. The predicted octanol–water partition coefficient (Wildman–Crippen LogP) is 3.49. The largest absolute Gasteiger partial charge is 0.497 e. The van der Waals surface area contributed by atoms with E-state index in [9.17, 15) is 13.2 Å². The number of halogens is 1. The summed E-state index contributed by atoms with van der Waals surface area (Å²) in [6.07, 6.45) is 2.01. The number of nitrogens with one attached hydrogen (secondary N) is 1. The summed E-state index contributed by atoms with van der Waals surface area (Å²) in [6.45, 7) is 3.18. The van der Waals surface area contributed by atoms with E-state index in [4.69, 9.17) is 16.3 Å². The van der Waals surface area contributed by atoms with Crippen LogP contribution < -0.4 is 14.4 Å². The zero-order valence-electron chi connectivity index (χ0n) is 18.5. The van der Waals surface area contributed by atoms with Gasteiger partial charge in [-0.3, -0.25) is 9.10 Å². The van der Waals surface area contributed by atoms with E-state index in [2.05, 4.69) is 5.32 Å². The van der Waals surface area contributed by atoms with Gasteiger partial charge in [0.15, 0.2) is 0 Å². The number of hydrogen-bond acceptors (Lipinski definition) is 4. The standard InChI is InChI=1S/C23H30ClN3O4S/c1-3-27(21-10-12-22(31-2)13-11-21)32(29,30)26-16-4-5-19(17-26)23(28)25-15-14-18-6-8-20(24)9-7-18/h6-13,19H,3-5,14-17H2,1-2H3,(H,25,28)/t19-/m1/s1. The Labute approximate surface area is 195 Å². The Morgan fingerprint density at radius 1 is 1.19 bits per heavy atom. The molecule has 0 bridgehead atoms. The monoisotopic (exact) mass is 479 g/mol. The number of piperidine rings is 1. The number of methoxy groups -OCH3 is 1. The van der Waals surface area contributed by atoms with Crippen LogP contribution in [0.4, 0.5) is 5.69 Å². The summed E-state index contributed by atoms with van der Waals surface area (Å²) in [5.41, 5.74) is 1.66. The van der Waals surface area contributed by atoms with Crippen LogP contribution in [0.1, 0.15) is 25.3 Å². The van der Waals surface area contributed by atoms with Crippen molar-refractivity contribution < 1.29 is 17.9 Å². The second kappa shape index (κ2) is 11.0. The zero-order valence-corrected chi connectivity index (χ0v) is 20.0. The quantitative estimate of drug-likeness (QED) is 0.597. The number of amides is 1. The average Bonchev–Trinajstić information content (AvgIpc) is 2.81. The summed E-state index contributed by atoms with van der Waals surface area (Å²) in [7, 11) is -2.18. The molecule has 2 aromatic carbocycles. The summed E-state index contributed by atoms with van der Waals surface area (Å²) in [5, 5.41) is 3.63. The molecule has 0 spiro atoms. The van der Waals surface area contributed by atoms with Gasteiger partial charge in [0.25, 0.3) is 0 Å². The number of carbonyl (C=O) groups excluding carboxylic acids is 1. The molecule has 1 amide bonds. The highest BCUT2D eigenvalue weighted by Gasteiger charge is 2.35. The van der Waals surface area contributed by atoms with Crippen LogP contribution in [0.3, 0.4) is 0 Å². The maximum Gasteiger partial charge on any atom is 0.304 e. The normalized spacial score (nSPS) is 17.0. The molecule has 7 nitrogen and oxygen atoms in total. The zero-order chi connectivity index (χ0) is 23.1. The van der Waals surface area contributed by atoms with Crippen LogP contribution in [0, 0.1) is 5.92 Å². The smallest absolute Gasteiger partial charge is 0.304 e. The lowest BCUT2D eigenvalue weighted by atomic mass is 9.99. The minimum absolute atomic E-state index is 0.105. The predicted molar refractivity (Wildman–Crippen MR) is 127 cm³/mol. The molecule has 3 rings (SSSR count). The van der Waals surface area contributed by atoms with Gasteiger partial charge in [-0.1, -0.05) is 23.7 Å². The van der Waals surface area contributed by atoms with Crippen molar-refractivity contribution in [2.24, 2.45) is 5.92 Å². The van der Waals surface area contributed by atoms with E-state index in [0.29, 0.717) is 55.4 Å². The molecule has 2 aromatic rings. The first-order valence-electron chi connectivity index (χ1n) is 10.8. The Hall–Kier alpha value is -2.29. The molecule has 1 saturated heterocycles. The van der Waals surface area contributed by atoms with E-state index in [1.54, 1.807) is 38.3 Å². The van der Waals surface area contributed by atoms with E-state index in [0.717, 1.165) is 5.56 Å². The van der Waals surface area contributed by atoms with Crippen LogP contribution in [0.2, 0.25) is 5.02 Å². The molecule has 1 heterocycles. The highest BCUT2D eigenvalue weighted by atomic mass is 35.5. The molecule has 1 aliphatic rings. The molecule has 32 heavy (non-hydrogen) atoms. The van der Waals surface area contributed by atoms with E-state index in [1.165, 1.54) is 8.61 Å². The molecule has 1 atom stereocenters. The van der Waals surface area contributed by atoms with Gasteiger partial charge < -0.3 is 10.1 Å². The first kappa shape index (κ1) is 24.4. The third-order valence-corrected chi connectivity index (χ3v) is 7.90. The third kappa shape index (κ3) is 5.94. The van der Waals surface area contributed by atoms with Crippen LogP contribution in [0.25, 0.3) is 0 Å². The lowest BCUT2D eigenvalue weighted by molar-refractivity contribution is -0.126. The van der Waals surface area contributed by atoms with Crippen molar-refractivity contribution >= 4 is 33.4 Å². The van der Waals surface area contributed by atoms with Crippen molar-refractivity contribution in [1.29, 1.82) is 0 Å². The fraction of sp³-hybridized carbons (Fsp3) is 0.435. The van der Waals surface area contributed by atoms with Crippen molar-refractivity contribution in [3.8, 4) is 5.75 Å². The molecule has 0 aromatic heterocycles. The lowest BCUT2D eigenvalue weighted by Crippen LogP contribution is -2.50. The highest BCUT2D eigenvalue weighted by Crippen LogP contribution is 2.26. The number of anilines is 1. The van der Waals surface area contributed by atoms with E-state index in [1.807, 2.05) is 24.3 Å². The number of ether oxygens (including phenoxy) is 1. The molecular formula is C23H30ClN3O4S. The molecule has 0 aliphatic carbocycles. The van der Waals surface area contributed by atoms with Gasteiger partial charge in [-0.2, -0.15) is 12.7 Å². The molecule has 0 radical (unpaired) electrons. The molecule has 9 heteroatoms. The Bertz CT molecular complexity index is 997. The van der Waals surface area contributed by atoms with Gasteiger partial charge >= 0.3 is 10.2 Å². The average molecular weight is 480 g/mol. The molecule has 1 fully saturated rings. The molecule has 0 saturated carbocycles. The first-order chi connectivity index (χ1) is 15.3. The minimum Gasteiger partial charge on any atom is -0.497 e. The van der Waals surface area contributed by atoms with Gasteiger partial charge in [0.1, 0.15) is 5.75 Å². The minimum atomic E-state index is -3.75. The van der Waals surface area contributed by atoms with Gasteiger partial charge in [0, 0.05) is 31.2 Å². The SMILES string of the molecule is CCN(c1ccc(OC)cc1)S(=O)(=O)N1CCC[C@@H](C(=O)NCCc2ccc(Cl)cc2)C1. The number of hydrogen-bond donors (Lipinski definition) is 1. The summed E-state index contributed by atoms with van der Waals surface area (Å²) in [6, 6.07) is 14.4. The molecular weight excluding hydrogens is 450 g/mol. The maximum absolute atomic E-state index is 13.3. The maximum atomic E-state index is 13.3. The second-order valence-electron chi connectivity index (χ2n) is 7.74. The summed E-state index contributed by atoms with van der Waals surface area (Å²) < 4.78 is 34.6. The van der Waals surface area contributed by atoms with Crippen LogP contribution in [0.15, 0.2) is 48.5 Å². The van der Waals surface area contributed by atoms with Gasteiger partial charge in [0.2, 0.25) is 5.91 Å². The van der Waals surface area contributed by atoms with Crippen LogP contribution in [-0.2, 0) is 21.4 Å².